The smallest absolute Gasteiger partial charge is 0.0619 e. The first-order chi connectivity index (χ1) is 8.43. The molecule has 0 amide bonds. The Morgan fingerprint density at radius 2 is 2.17 bits per heavy atom. The molecular formula is C15H25NOS. The van der Waals surface area contributed by atoms with Crippen LogP contribution >= 0.6 is 11.3 Å². The van der Waals surface area contributed by atoms with Gasteiger partial charge in [-0.2, -0.15) is 0 Å². The molecule has 3 unspecified atom stereocenters. The molecule has 1 aliphatic heterocycles. The van der Waals surface area contributed by atoms with Crippen molar-refractivity contribution in [3.63, 3.8) is 0 Å². The van der Waals surface area contributed by atoms with Crippen LogP contribution in [0.2, 0.25) is 0 Å². The molecule has 2 nitrogen and oxygen atoms in total. The van der Waals surface area contributed by atoms with Crippen molar-refractivity contribution >= 4 is 11.3 Å². The van der Waals surface area contributed by atoms with Crippen molar-refractivity contribution in [2.75, 3.05) is 6.61 Å². The monoisotopic (exact) mass is 267 g/mol. The van der Waals surface area contributed by atoms with Gasteiger partial charge in [-0.15, -0.1) is 11.3 Å². The standard InChI is InChI=1S/C15H25NOS/c1-5-11-10(8-9-17-11)14(16)12-6-7-13(18-12)15(2,3)4/h6-7,10-11,14H,5,8-9,16H2,1-4H3. The van der Waals surface area contributed by atoms with E-state index in [0.29, 0.717) is 12.0 Å². The highest BCUT2D eigenvalue weighted by atomic mass is 32.1. The molecule has 0 aliphatic carbocycles. The minimum absolute atomic E-state index is 0.138. The molecule has 1 fully saturated rings. The number of ether oxygens (including phenoxy) is 1. The predicted molar refractivity (Wildman–Crippen MR) is 78.1 cm³/mol. The van der Waals surface area contributed by atoms with E-state index in [9.17, 15) is 0 Å². The van der Waals surface area contributed by atoms with Crippen LogP contribution in [0.25, 0.3) is 0 Å². The number of hydrogen-bond donors (Lipinski definition) is 1. The molecule has 3 heteroatoms. The fourth-order valence-electron chi connectivity index (χ4n) is 2.64. The SMILES string of the molecule is CCC1OCCC1C(N)c1ccc(C(C)(C)C)s1. The predicted octanol–water partition coefficient (Wildman–Crippen LogP) is 3.86. The highest BCUT2D eigenvalue weighted by molar-refractivity contribution is 7.12. The molecular weight excluding hydrogens is 242 g/mol. The fourth-order valence-corrected chi connectivity index (χ4v) is 3.79. The molecule has 0 spiro atoms. The summed E-state index contributed by atoms with van der Waals surface area (Å²) in [5.74, 6) is 0.487. The first kappa shape index (κ1) is 14.0. The number of nitrogens with two attached hydrogens (primary N) is 1. The van der Waals surface area contributed by atoms with E-state index >= 15 is 0 Å². The van der Waals surface area contributed by atoms with Crippen LogP contribution in [0.5, 0.6) is 0 Å². The molecule has 1 saturated heterocycles. The first-order valence-electron chi connectivity index (χ1n) is 6.91. The lowest BCUT2D eigenvalue weighted by Crippen LogP contribution is -2.27. The van der Waals surface area contributed by atoms with Gasteiger partial charge in [-0.3, -0.25) is 0 Å². The maximum Gasteiger partial charge on any atom is 0.0619 e. The Hall–Kier alpha value is -0.380. The molecule has 1 aromatic heterocycles. The Morgan fingerprint density at radius 3 is 2.72 bits per heavy atom. The molecule has 1 aliphatic rings. The summed E-state index contributed by atoms with van der Waals surface area (Å²) >= 11 is 1.87. The van der Waals surface area contributed by atoms with Crippen molar-refractivity contribution in [1.82, 2.24) is 0 Å². The normalized spacial score (nSPS) is 26.5. The highest BCUT2D eigenvalue weighted by Gasteiger charge is 2.33. The minimum atomic E-state index is 0.138. The van der Waals surface area contributed by atoms with Crippen LogP contribution in [0.4, 0.5) is 0 Å². The lowest BCUT2D eigenvalue weighted by molar-refractivity contribution is 0.0816. The van der Waals surface area contributed by atoms with Crippen molar-refractivity contribution < 1.29 is 4.74 Å². The van der Waals surface area contributed by atoms with Crippen LogP contribution in [0.1, 0.15) is 56.3 Å². The molecule has 2 heterocycles. The van der Waals surface area contributed by atoms with Gasteiger partial charge >= 0.3 is 0 Å². The van der Waals surface area contributed by atoms with Gasteiger partial charge in [-0.25, -0.2) is 0 Å². The molecule has 2 rings (SSSR count). The molecule has 0 radical (unpaired) electrons. The van der Waals surface area contributed by atoms with E-state index in [2.05, 4.69) is 39.8 Å². The molecule has 102 valence electrons. The fraction of sp³-hybridized carbons (Fsp3) is 0.733. The van der Waals surface area contributed by atoms with Crippen molar-refractivity contribution in [3.8, 4) is 0 Å². The van der Waals surface area contributed by atoms with E-state index in [4.69, 9.17) is 10.5 Å². The van der Waals surface area contributed by atoms with Gasteiger partial charge in [0.25, 0.3) is 0 Å². The zero-order valence-electron chi connectivity index (χ0n) is 11.9. The summed E-state index contributed by atoms with van der Waals surface area (Å²) in [5.41, 5.74) is 6.67. The van der Waals surface area contributed by atoms with Gasteiger partial charge in [-0.1, -0.05) is 27.7 Å². The highest BCUT2D eigenvalue weighted by Crippen LogP contribution is 2.38. The van der Waals surface area contributed by atoms with Crippen molar-refractivity contribution in [2.24, 2.45) is 11.7 Å². The Bertz CT molecular complexity index is 393. The van der Waals surface area contributed by atoms with Crippen LogP contribution in [-0.4, -0.2) is 12.7 Å². The quantitative estimate of drug-likeness (QED) is 0.902. The molecule has 0 saturated carbocycles. The van der Waals surface area contributed by atoms with Crippen molar-refractivity contribution in [3.05, 3.63) is 21.9 Å². The second-order valence-corrected chi connectivity index (χ2v) is 7.36. The maximum atomic E-state index is 6.45. The van der Waals surface area contributed by atoms with E-state index in [0.717, 1.165) is 19.4 Å². The molecule has 0 bridgehead atoms. The summed E-state index contributed by atoms with van der Waals surface area (Å²) in [6.07, 6.45) is 2.51. The molecule has 0 aromatic carbocycles. The van der Waals surface area contributed by atoms with Crippen LogP contribution in [0.3, 0.4) is 0 Å². The third kappa shape index (κ3) is 2.79. The molecule has 1 aromatic rings. The first-order valence-corrected chi connectivity index (χ1v) is 7.72. The zero-order valence-corrected chi connectivity index (χ0v) is 12.7. The van der Waals surface area contributed by atoms with Crippen molar-refractivity contribution in [1.29, 1.82) is 0 Å². The van der Waals surface area contributed by atoms with E-state index in [-0.39, 0.29) is 11.5 Å². The summed E-state index contributed by atoms with van der Waals surface area (Å²) in [7, 11) is 0. The largest absolute Gasteiger partial charge is 0.378 e. The Balaban J connectivity index is 2.14. The summed E-state index contributed by atoms with van der Waals surface area (Å²) < 4.78 is 5.76. The number of thiophene rings is 1. The third-order valence-electron chi connectivity index (χ3n) is 3.82. The average molecular weight is 267 g/mol. The lowest BCUT2D eigenvalue weighted by atomic mass is 9.91. The average Bonchev–Trinajstić information content (AvgIpc) is 2.96. The Morgan fingerprint density at radius 1 is 1.44 bits per heavy atom. The van der Waals surface area contributed by atoms with E-state index in [1.54, 1.807) is 0 Å². The van der Waals surface area contributed by atoms with Gasteiger partial charge in [0.15, 0.2) is 0 Å². The number of rotatable bonds is 3. The van der Waals surface area contributed by atoms with Gasteiger partial charge in [0.05, 0.1) is 6.10 Å². The summed E-state index contributed by atoms with van der Waals surface area (Å²) in [5, 5.41) is 0. The summed E-state index contributed by atoms with van der Waals surface area (Å²) in [4.78, 5) is 2.73. The topological polar surface area (TPSA) is 35.2 Å². The second-order valence-electron chi connectivity index (χ2n) is 6.25. The van der Waals surface area contributed by atoms with E-state index in [1.165, 1.54) is 9.75 Å². The van der Waals surface area contributed by atoms with Gasteiger partial charge in [0.2, 0.25) is 0 Å². The third-order valence-corrected chi connectivity index (χ3v) is 5.43. The zero-order chi connectivity index (χ0) is 13.3. The summed E-state index contributed by atoms with van der Waals surface area (Å²) in [6.45, 7) is 9.81. The van der Waals surface area contributed by atoms with E-state index < -0.39 is 0 Å². The van der Waals surface area contributed by atoms with Gasteiger partial charge in [-0.05, 0) is 30.4 Å². The Labute approximate surface area is 115 Å². The number of hydrogen-bond acceptors (Lipinski definition) is 3. The second kappa shape index (κ2) is 5.32. The molecule has 2 N–H and O–H groups in total. The van der Waals surface area contributed by atoms with Gasteiger partial charge in [0, 0.05) is 28.3 Å². The summed E-state index contributed by atoms with van der Waals surface area (Å²) in [6, 6.07) is 4.58. The van der Waals surface area contributed by atoms with E-state index in [1.807, 2.05) is 11.3 Å². The van der Waals surface area contributed by atoms with Gasteiger partial charge < -0.3 is 10.5 Å². The van der Waals surface area contributed by atoms with Crippen LogP contribution in [-0.2, 0) is 10.2 Å². The lowest BCUT2D eigenvalue weighted by Gasteiger charge is -2.23. The van der Waals surface area contributed by atoms with Crippen molar-refractivity contribution in [2.45, 2.75) is 58.1 Å². The molecule has 18 heavy (non-hydrogen) atoms. The maximum absolute atomic E-state index is 6.45. The Kier molecular flexibility index (Phi) is 4.15. The molecule has 3 atom stereocenters. The van der Waals surface area contributed by atoms with Crippen LogP contribution in [0.15, 0.2) is 12.1 Å². The van der Waals surface area contributed by atoms with Gasteiger partial charge in [0.1, 0.15) is 0 Å². The minimum Gasteiger partial charge on any atom is -0.378 e. The van der Waals surface area contributed by atoms with Crippen LogP contribution < -0.4 is 5.73 Å². The van der Waals surface area contributed by atoms with Crippen LogP contribution in [0, 0.1) is 5.92 Å².